The summed E-state index contributed by atoms with van der Waals surface area (Å²) in [6.07, 6.45) is 5.80. The van der Waals surface area contributed by atoms with Crippen molar-refractivity contribution in [2.24, 2.45) is 0 Å². The van der Waals surface area contributed by atoms with Crippen molar-refractivity contribution in [2.75, 3.05) is 4.90 Å². The number of aromatic nitrogens is 1. The van der Waals surface area contributed by atoms with Crippen molar-refractivity contribution >= 4 is 61.8 Å². The Morgan fingerprint density at radius 3 is 1.69 bits per heavy atom. The molecule has 2 nitrogen and oxygen atoms in total. The van der Waals surface area contributed by atoms with E-state index in [1.54, 1.807) is 0 Å². The van der Waals surface area contributed by atoms with Crippen LogP contribution in [0.3, 0.4) is 0 Å². The minimum absolute atomic E-state index is 0.322. The van der Waals surface area contributed by atoms with Crippen molar-refractivity contribution in [3.63, 3.8) is 0 Å². The molecule has 0 radical (unpaired) electrons. The van der Waals surface area contributed by atoms with Crippen LogP contribution in [0, 0.1) is 0 Å². The largest absolute Gasteiger partial charge is 0.310 e. The number of hydrogen-bond donors (Lipinski definition) is 0. The molecule has 330 valence electrons. The van der Waals surface area contributed by atoms with Crippen LogP contribution < -0.4 is 15.3 Å². The van der Waals surface area contributed by atoms with Crippen molar-refractivity contribution in [2.45, 2.75) is 12.3 Å². The van der Waals surface area contributed by atoms with Crippen molar-refractivity contribution in [3.05, 3.63) is 277 Å². The van der Waals surface area contributed by atoms with Gasteiger partial charge < -0.3 is 9.47 Å². The Hall–Kier alpha value is -8.98. The molecular weight excluding hydrogens is 845 g/mol. The molecule has 0 aliphatic heterocycles. The predicted molar refractivity (Wildman–Crippen MR) is 297 cm³/mol. The van der Waals surface area contributed by atoms with Crippen molar-refractivity contribution in [1.29, 1.82) is 0 Å². The van der Waals surface area contributed by atoms with Crippen LogP contribution in [0.2, 0.25) is 0 Å². The van der Waals surface area contributed by atoms with Crippen LogP contribution >= 0.6 is 0 Å². The molecule has 0 fully saturated rings. The van der Waals surface area contributed by atoms with Gasteiger partial charge in [-0.15, -0.1) is 0 Å². The number of para-hydroxylation sites is 1. The molecule has 1 unspecified atom stereocenters. The quantitative estimate of drug-likeness (QED) is 0.140. The van der Waals surface area contributed by atoms with E-state index in [9.17, 15) is 0 Å². The Labute approximate surface area is 408 Å². The summed E-state index contributed by atoms with van der Waals surface area (Å²) in [6.45, 7) is 0. The summed E-state index contributed by atoms with van der Waals surface area (Å²) in [4.78, 5) is 2.42. The van der Waals surface area contributed by atoms with Gasteiger partial charge in [0.2, 0.25) is 0 Å². The number of fused-ring (bicyclic) bond motifs is 5. The third-order valence-corrected chi connectivity index (χ3v) is 14.3. The van der Waals surface area contributed by atoms with Crippen molar-refractivity contribution < 1.29 is 0 Å². The van der Waals surface area contributed by atoms with Crippen LogP contribution in [0.25, 0.3) is 94.9 Å². The van der Waals surface area contributed by atoms with Gasteiger partial charge in [0, 0.05) is 39.4 Å². The maximum Gasteiger partial charge on any atom is 0.0553 e. The summed E-state index contributed by atoms with van der Waals surface area (Å²) < 4.78 is 2.46. The highest BCUT2D eigenvalue weighted by atomic mass is 15.1. The summed E-state index contributed by atoms with van der Waals surface area (Å²) in [5.74, 6) is 0.322. The summed E-state index contributed by atoms with van der Waals surface area (Å²) in [5, 5.41) is 7.57. The van der Waals surface area contributed by atoms with Crippen LogP contribution in [0.1, 0.15) is 17.9 Å². The maximum atomic E-state index is 2.46. The highest BCUT2D eigenvalue weighted by Gasteiger charge is 2.21. The topological polar surface area (TPSA) is 8.17 Å². The molecule has 1 aromatic heterocycles. The second kappa shape index (κ2) is 17.6. The number of hydrogen-bond acceptors (Lipinski definition) is 1. The molecule has 0 N–H and O–H groups in total. The molecule has 11 aromatic carbocycles. The molecule has 1 atom stereocenters. The van der Waals surface area contributed by atoms with E-state index in [4.69, 9.17) is 0 Å². The third kappa shape index (κ3) is 7.57. The second-order valence-electron chi connectivity index (χ2n) is 18.5. The Morgan fingerprint density at radius 2 is 0.929 bits per heavy atom. The number of benzene rings is 11. The summed E-state index contributed by atoms with van der Waals surface area (Å²) in [6, 6.07) is 95.7. The lowest BCUT2D eigenvalue weighted by Crippen LogP contribution is -2.27. The smallest absolute Gasteiger partial charge is 0.0553 e. The first-order valence-electron chi connectivity index (χ1n) is 24.3. The fourth-order valence-corrected chi connectivity index (χ4v) is 10.8. The molecule has 0 saturated heterocycles. The molecule has 0 spiro atoms. The molecule has 1 heterocycles. The SMILES string of the molecule is C1=c2ccccc2=CC(c2ccc(N(c3ccc(-c4ccc5ccccc5c4)cc3)c3cccc(-c4cc(-c5ccccc5)cc5c4c4ccc(-c6ccccc6)cc4n5-c4ccccc4)c3)cc2)C1. The number of rotatable bonds is 9. The molecule has 70 heavy (non-hydrogen) atoms. The first-order chi connectivity index (χ1) is 34.7. The normalized spacial score (nSPS) is 13.2. The summed E-state index contributed by atoms with van der Waals surface area (Å²) >= 11 is 0. The fraction of sp³-hybridized carbons (Fsp3) is 0.0294. The van der Waals surface area contributed by atoms with E-state index < -0.39 is 0 Å². The zero-order chi connectivity index (χ0) is 46.4. The molecule has 2 heteroatoms. The van der Waals surface area contributed by atoms with Gasteiger partial charge in [-0.2, -0.15) is 0 Å². The van der Waals surface area contributed by atoms with Gasteiger partial charge in [-0.25, -0.2) is 0 Å². The lowest BCUT2D eigenvalue weighted by molar-refractivity contribution is 0.921. The molecule has 12 aromatic rings. The Morgan fingerprint density at radius 1 is 0.357 bits per heavy atom. The van der Waals surface area contributed by atoms with Gasteiger partial charge in [0.15, 0.2) is 0 Å². The van der Waals surface area contributed by atoms with Crippen LogP contribution in [-0.2, 0) is 0 Å². The molecule has 13 rings (SSSR count). The Kier molecular flexibility index (Phi) is 10.4. The van der Waals surface area contributed by atoms with Crippen LogP contribution in [-0.4, -0.2) is 4.57 Å². The van der Waals surface area contributed by atoms with Crippen LogP contribution in [0.4, 0.5) is 17.1 Å². The van der Waals surface area contributed by atoms with Crippen molar-refractivity contribution in [3.8, 4) is 50.2 Å². The lowest BCUT2D eigenvalue weighted by Gasteiger charge is -2.27. The van der Waals surface area contributed by atoms with Crippen LogP contribution in [0.5, 0.6) is 0 Å². The predicted octanol–water partition coefficient (Wildman–Crippen LogP) is 16.8. The van der Waals surface area contributed by atoms with E-state index in [0.717, 1.165) is 34.7 Å². The Balaban J connectivity index is 0.988. The number of nitrogens with zero attached hydrogens (tertiary/aromatic N) is 2. The van der Waals surface area contributed by atoms with Gasteiger partial charge in [-0.05, 0) is 150 Å². The molecule has 0 saturated carbocycles. The van der Waals surface area contributed by atoms with Gasteiger partial charge in [-0.1, -0.05) is 200 Å². The van der Waals surface area contributed by atoms with E-state index in [2.05, 4.69) is 282 Å². The standard InChI is InChI=1S/C68H48N2/c1-4-15-47(16-5-1)57-35-40-64-66(45-57)70(60-24-8-3-9-25-60)67-46-59(48-17-6-2-7-18-48)44-65(68(64)67)58-23-14-26-63(43-58)69(61-36-31-51(32-37-61)55-29-27-49-19-10-12-21-53(49)41-55)62-38-33-52(34-39-62)56-30-28-50-20-11-13-22-54(50)42-56/h1-29,31-46,56H,30H2. The molecule has 1 aliphatic carbocycles. The minimum Gasteiger partial charge on any atom is -0.310 e. The van der Waals surface area contributed by atoms with E-state index >= 15 is 0 Å². The molecule has 0 amide bonds. The fourth-order valence-electron chi connectivity index (χ4n) is 10.8. The monoisotopic (exact) mass is 892 g/mol. The van der Waals surface area contributed by atoms with E-state index in [-0.39, 0.29) is 0 Å². The average molecular weight is 893 g/mol. The van der Waals surface area contributed by atoms with Gasteiger partial charge >= 0.3 is 0 Å². The first kappa shape index (κ1) is 41.2. The minimum atomic E-state index is 0.322. The zero-order valence-electron chi connectivity index (χ0n) is 38.7. The van der Waals surface area contributed by atoms with E-state index in [1.807, 2.05) is 0 Å². The first-order valence-corrected chi connectivity index (χ1v) is 24.3. The zero-order valence-corrected chi connectivity index (χ0v) is 38.7. The molecule has 0 bridgehead atoms. The average Bonchev–Trinajstić information content (AvgIpc) is 3.77. The summed E-state index contributed by atoms with van der Waals surface area (Å²) in [7, 11) is 0. The third-order valence-electron chi connectivity index (χ3n) is 14.3. The van der Waals surface area contributed by atoms with Gasteiger partial charge in [0.1, 0.15) is 0 Å². The summed E-state index contributed by atoms with van der Waals surface area (Å²) in [5.41, 5.74) is 17.6. The maximum absolute atomic E-state index is 2.46. The second-order valence-corrected chi connectivity index (χ2v) is 18.5. The molecule has 1 aliphatic rings. The lowest BCUT2D eigenvalue weighted by atomic mass is 9.90. The van der Waals surface area contributed by atoms with E-state index in [1.165, 1.54) is 87.5 Å². The van der Waals surface area contributed by atoms with Crippen LogP contribution in [0.15, 0.2) is 261 Å². The highest BCUT2D eigenvalue weighted by molar-refractivity contribution is 6.17. The van der Waals surface area contributed by atoms with Gasteiger partial charge in [0.25, 0.3) is 0 Å². The number of anilines is 3. The van der Waals surface area contributed by atoms with Gasteiger partial charge in [-0.3, -0.25) is 0 Å². The van der Waals surface area contributed by atoms with E-state index in [0.29, 0.717) is 5.92 Å². The van der Waals surface area contributed by atoms with Crippen molar-refractivity contribution in [1.82, 2.24) is 4.57 Å². The highest BCUT2D eigenvalue weighted by Crippen LogP contribution is 2.45. The van der Waals surface area contributed by atoms with Gasteiger partial charge in [0.05, 0.1) is 11.0 Å². The molecular formula is C68H48N2. The Bertz CT molecular complexity index is 4000.